The van der Waals surface area contributed by atoms with Crippen LogP contribution in [-0.4, -0.2) is 37.6 Å². The molecule has 0 saturated carbocycles. The Hall–Kier alpha value is -3.09. The number of halogens is 1. The van der Waals surface area contributed by atoms with Crippen LogP contribution in [0.3, 0.4) is 0 Å². The molecule has 1 aliphatic rings. The summed E-state index contributed by atoms with van der Waals surface area (Å²) in [6.07, 6.45) is -0.268. The number of hydrogen-bond acceptors (Lipinski definition) is 4. The van der Waals surface area contributed by atoms with E-state index < -0.39 is 11.9 Å². The standard InChI is InChI=1S/C20H21FN2O4/c1-14(24)23-13-19(27-18-10-5-3-8-16(18)23)20(25)22-11-6-12-26-17-9-4-2-7-15(17)21/h2-5,7-10,19H,6,11-13H2,1H3,(H,22,25)/t19-/m0/s1. The zero-order valence-corrected chi connectivity index (χ0v) is 15.0. The maximum absolute atomic E-state index is 13.4. The van der Waals surface area contributed by atoms with Gasteiger partial charge in [-0.25, -0.2) is 4.39 Å². The minimum Gasteiger partial charge on any atom is -0.490 e. The van der Waals surface area contributed by atoms with E-state index in [1.807, 2.05) is 6.07 Å². The van der Waals surface area contributed by atoms with Crippen molar-refractivity contribution < 1.29 is 23.5 Å². The van der Waals surface area contributed by atoms with Gasteiger partial charge in [-0.1, -0.05) is 24.3 Å². The number of anilines is 1. The molecule has 3 rings (SSSR count). The molecule has 0 bridgehead atoms. The molecule has 1 aliphatic heterocycles. The van der Waals surface area contributed by atoms with Crippen LogP contribution < -0.4 is 19.7 Å². The lowest BCUT2D eigenvalue weighted by molar-refractivity contribution is -0.128. The van der Waals surface area contributed by atoms with E-state index in [4.69, 9.17) is 9.47 Å². The fraction of sp³-hybridized carbons (Fsp3) is 0.300. The van der Waals surface area contributed by atoms with Crippen LogP contribution in [0.1, 0.15) is 13.3 Å². The summed E-state index contributed by atoms with van der Waals surface area (Å²) in [6, 6.07) is 13.3. The fourth-order valence-corrected chi connectivity index (χ4v) is 2.81. The normalized spacial score (nSPS) is 15.5. The predicted octanol–water partition coefficient (Wildman–Crippen LogP) is 2.52. The van der Waals surface area contributed by atoms with E-state index in [-0.39, 0.29) is 30.7 Å². The molecule has 2 amide bonds. The second-order valence-electron chi connectivity index (χ2n) is 6.13. The largest absolute Gasteiger partial charge is 0.490 e. The zero-order chi connectivity index (χ0) is 19.2. The number of rotatable bonds is 6. The van der Waals surface area contributed by atoms with Gasteiger partial charge < -0.3 is 19.7 Å². The molecule has 0 aliphatic carbocycles. The minimum absolute atomic E-state index is 0.151. The van der Waals surface area contributed by atoms with Gasteiger partial charge in [0.05, 0.1) is 18.8 Å². The molecule has 6 nitrogen and oxygen atoms in total. The molecule has 0 unspecified atom stereocenters. The van der Waals surface area contributed by atoms with Crippen molar-refractivity contribution in [3.8, 4) is 11.5 Å². The molecule has 142 valence electrons. The first-order valence-corrected chi connectivity index (χ1v) is 8.75. The molecule has 1 atom stereocenters. The van der Waals surface area contributed by atoms with Crippen LogP contribution in [0.4, 0.5) is 10.1 Å². The van der Waals surface area contributed by atoms with Gasteiger partial charge in [0.25, 0.3) is 5.91 Å². The number of carbonyl (C=O) groups is 2. The van der Waals surface area contributed by atoms with Gasteiger partial charge in [-0.3, -0.25) is 9.59 Å². The highest BCUT2D eigenvalue weighted by molar-refractivity contribution is 5.95. The summed E-state index contributed by atoms with van der Waals surface area (Å²) >= 11 is 0. The second-order valence-corrected chi connectivity index (χ2v) is 6.13. The summed E-state index contributed by atoms with van der Waals surface area (Å²) in [5, 5.41) is 2.77. The van der Waals surface area contributed by atoms with Crippen LogP contribution in [0.5, 0.6) is 11.5 Å². The first-order valence-electron chi connectivity index (χ1n) is 8.75. The second kappa shape index (κ2) is 8.53. The van der Waals surface area contributed by atoms with Crippen LogP contribution in [0.2, 0.25) is 0 Å². The van der Waals surface area contributed by atoms with E-state index in [0.29, 0.717) is 24.4 Å². The summed E-state index contributed by atoms with van der Waals surface area (Å²) in [4.78, 5) is 25.8. The molecule has 0 aromatic heterocycles. The third kappa shape index (κ3) is 4.55. The van der Waals surface area contributed by atoms with Gasteiger partial charge in [0.15, 0.2) is 17.7 Å². The molecule has 7 heteroatoms. The quantitative estimate of drug-likeness (QED) is 0.792. The van der Waals surface area contributed by atoms with Gasteiger partial charge >= 0.3 is 0 Å². The van der Waals surface area contributed by atoms with Gasteiger partial charge in [-0.05, 0) is 30.7 Å². The van der Waals surface area contributed by atoms with E-state index in [0.717, 1.165) is 0 Å². The van der Waals surface area contributed by atoms with Gasteiger partial charge in [0.1, 0.15) is 5.75 Å². The maximum atomic E-state index is 13.4. The third-order valence-corrected chi connectivity index (χ3v) is 4.16. The number of nitrogens with one attached hydrogen (secondary N) is 1. The fourth-order valence-electron chi connectivity index (χ4n) is 2.81. The Balaban J connectivity index is 1.48. The Morgan fingerprint density at radius 1 is 1.22 bits per heavy atom. The summed E-state index contributed by atoms with van der Waals surface area (Å²) in [5.41, 5.74) is 0.660. The molecular weight excluding hydrogens is 351 g/mol. The topological polar surface area (TPSA) is 67.9 Å². The van der Waals surface area contributed by atoms with Crippen molar-refractivity contribution in [2.75, 3.05) is 24.6 Å². The third-order valence-electron chi connectivity index (χ3n) is 4.16. The number of para-hydroxylation sites is 3. The van der Waals surface area contributed by atoms with Crippen molar-refractivity contribution in [3.05, 3.63) is 54.3 Å². The lowest BCUT2D eigenvalue weighted by Gasteiger charge is -2.33. The van der Waals surface area contributed by atoms with Gasteiger partial charge in [0.2, 0.25) is 5.91 Å². The first kappa shape index (κ1) is 18.7. The summed E-state index contributed by atoms with van der Waals surface area (Å²) in [7, 11) is 0. The van der Waals surface area contributed by atoms with Crippen molar-refractivity contribution in [3.63, 3.8) is 0 Å². The molecule has 0 saturated heterocycles. The van der Waals surface area contributed by atoms with Crippen LogP contribution in [0.25, 0.3) is 0 Å². The van der Waals surface area contributed by atoms with Crippen molar-refractivity contribution in [2.45, 2.75) is 19.4 Å². The maximum Gasteiger partial charge on any atom is 0.262 e. The monoisotopic (exact) mass is 372 g/mol. The van der Waals surface area contributed by atoms with E-state index in [2.05, 4.69) is 5.32 Å². The zero-order valence-electron chi connectivity index (χ0n) is 15.0. The molecule has 2 aromatic carbocycles. The molecule has 1 N–H and O–H groups in total. The molecular formula is C20H21FN2O4. The first-order chi connectivity index (χ1) is 13.1. The van der Waals surface area contributed by atoms with Crippen LogP contribution in [0, 0.1) is 5.82 Å². The molecule has 0 radical (unpaired) electrons. The Labute approximate surface area is 156 Å². The molecule has 1 heterocycles. The average molecular weight is 372 g/mol. The molecule has 0 fully saturated rings. The molecule has 27 heavy (non-hydrogen) atoms. The van der Waals surface area contributed by atoms with Crippen molar-refractivity contribution >= 4 is 17.5 Å². The van der Waals surface area contributed by atoms with Crippen molar-refractivity contribution in [1.82, 2.24) is 5.32 Å². The summed E-state index contributed by atoms with van der Waals surface area (Å²) in [6.45, 7) is 2.24. The van der Waals surface area contributed by atoms with E-state index in [1.54, 1.807) is 36.4 Å². The number of carbonyl (C=O) groups excluding carboxylic acids is 2. The minimum atomic E-state index is -0.781. The van der Waals surface area contributed by atoms with Gasteiger partial charge in [-0.15, -0.1) is 0 Å². The van der Waals surface area contributed by atoms with Gasteiger partial charge in [-0.2, -0.15) is 0 Å². The van der Waals surface area contributed by atoms with Crippen LogP contribution in [-0.2, 0) is 9.59 Å². The Morgan fingerprint density at radius 3 is 2.74 bits per heavy atom. The highest BCUT2D eigenvalue weighted by atomic mass is 19.1. The van der Waals surface area contributed by atoms with E-state index >= 15 is 0 Å². The Bertz CT molecular complexity index is 827. The highest BCUT2D eigenvalue weighted by Gasteiger charge is 2.32. The van der Waals surface area contributed by atoms with Crippen LogP contribution in [0.15, 0.2) is 48.5 Å². The van der Waals surface area contributed by atoms with E-state index in [9.17, 15) is 14.0 Å². The number of fused-ring (bicyclic) bond motifs is 1. The number of amides is 2. The highest BCUT2D eigenvalue weighted by Crippen LogP contribution is 2.33. The average Bonchev–Trinajstić information content (AvgIpc) is 2.67. The lowest BCUT2D eigenvalue weighted by atomic mass is 10.1. The van der Waals surface area contributed by atoms with Crippen LogP contribution >= 0.6 is 0 Å². The summed E-state index contributed by atoms with van der Waals surface area (Å²) in [5.74, 6) is -0.182. The van der Waals surface area contributed by atoms with Crippen molar-refractivity contribution in [2.24, 2.45) is 0 Å². The molecule has 2 aromatic rings. The predicted molar refractivity (Wildman–Crippen MR) is 98.4 cm³/mol. The SMILES string of the molecule is CC(=O)N1C[C@@H](C(=O)NCCCOc2ccccc2F)Oc2ccccc21. The lowest BCUT2D eigenvalue weighted by Crippen LogP contribution is -2.50. The summed E-state index contributed by atoms with van der Waals surface area (Å²) < 4.78 is 24.5. The number of ether oxygens (including phenoxy) is 2. The van der Waals surface area contributed by atoms with Gasteiger partial charge in [0, 0.05) is 13.5 Å². The van der Waals surface area contributed by atoms with E-state index in [1.165, 1.54) is 17.9 Å². The smallest absolute Gasteiger partial charge is 0.262 e. The Kier molecular flexibility index (Phi) is 5.90. The molecule has 0 spiro atoms. The number of hydrogen-bond donors (Lipinski definition) is 1. The Morgan fingerprint density at radius 2 is 1.96 bits per heavy atom. The van der Waals surface area contributed by atoms with Crippen molar-refractivity contribution in [1.29, 1.82) is 0 Å². The number of nitrogens with zero attached hydrogens (tertiary/aromatic N) is 1. The number of benzene rings is 2.